The highest BCUT2D eigenvalue weighted by Crippen LogP contribution is 2.72. The monoisotopic (exact) mass is 788 g/mol. The third-order valence-corrected chi connectivity index (χ3v) is 17.4. The summed E-state index contributed by atoms with van der Waals surface area (Å²) in [6.07, 6.45) is 18.1. The van der Waals surface area contributed by atoms with Crippen LogP contribution in [0.3, 0.4) is 0 Å². The number of rotatable bonds is 6. The molecule has 4 atom stereocenters. The van der Waals surface area contributed by atoms with E-state index in [9.17, 15) is 10.2 Å². The molecule has 2 aromatic carbocycles. The van der Waals surface area contributed by atoms with E-state index in [-0.39, 0.29) is 0 Å². The van der Waals surface area contributed by atoms with Crippen LogP contribution in [0.5, 0.6) is 0 Å². The van der Waals surface area contributed by atoms with Gasteiger partial charge in [-0.3, -0.25) is 9.80 Å². The fourth-order valence-corrected chi connectivity index (χ4v) is 14.6. The number of aromatic nitrogens is 2. The van der Waals surface area contributed by atoms with Crippen molar-refractivity contribution in [2.75, 3.05) is 26.2 Å². The Morgan fingerprint density at radius 2 is 0.821 bits per heavy atom. The van der Waals surface area contributed by atoms with Crippen LogP contribution in [-0.2, 0) is 22.0 Å². The van der Waals surface area contributed by atoms with Gasteiger partial charge in [0.1, 0.15) is 10.3 Å². The average Bonchev–Trinajstić information content (AvgIpc) is 3.11. The van der Waals surface area contributed by atoms with Gasteiger partial charge in [-0.1, -0.05) is 96.7 Å². The van der Waals surface area contributed by atoms with E-state index in [0.717, 1.165) is 63.0 Å². The first-order valence-corrected chi connectivity index (χ1v) is 22.1. The second-order valence-corrected chi connectivity index (χ2v) is 20.4. The minimum atomic E-state index is -0.748. The number of pyridine rings is 2. The zero-order valence-electron chi connectivity index (χ0n) is 32.3. The van der Waals surface area contributed by atoms with E-state index >= 15 is 0 Å². The van der Waals surface area contributed by atoms with Crippen molar-refractivity contribution in [3.8, 4) is 0 Å². The van der Waals surface area contributed by atoms with Gasteiger partial charge in [-0.15, -0.1) is 0 Å². The predicted molar refractivity (Wildman–Crippen MR) is 220 cm³/mol. The third-order valence-electron chi connectivity index (χ3n) is 17.0. The summed E-state index contributed by atoms with van der Waals surface area (Å²) in [7, 11) is 0. The minimum Gasteiger partial charge on any atom is -0.384 e. The first-order chi connectivity index (χ1) is 27.1. The van der Waals surface area contributed by atoms with Crippen molar-refractivity contribution < 1.29 is 10.2 Å². The number of hydrogen-bond donors (Lipinski definition) is 2. The van der Waals surface area contributed by atoms with Crippen molar-refractivity contribution in [2.24, 2.45) is 23.7 Å². The van der Waals surface area contributed by atoms with E-state index in [1.807, 2.05) is 24.3 Å². The highest BCUT2D eigenvalue weighted by molar-refractivity contribution is 6.29. The Hall–Kier alpha value is -2.84. The molecular formula is C48H54Cl2N4O2. The van der Waals surface area contributed by atoms with Gasteiger partial charge in [0, 0.05) is 84.2 Å². The van der Waals surface area contributed by atoms with Crippen LogP contribution in [0.15, 0.2) is 97.3 Å². The summed E-state index contributed by atoms with van der Waals surface area (Å²) in [4.78, 5) is 13.8. The van der Waals surface area contributed by atoms with Crippen LogP contribution >= 0.6 is 23.2 Å². The summed E-state index contributed by atoms with van der Waals surface area (Å²) in [6, 6.07) is 29.9. The Kier molecular flexibility index (Phi) is 8.31. The molecule has 0 amide bonds. The first-order valence-electron chi connectivity index (χ1n) is 21.4. The van der Waals surface area contributed by atoms with E-state index in [1.165, 1.54) is 62.5 Å². The molecule has 8 saturated carbocycles. The molecule has 4 unspecified atom stereocenters. The average molecular weight is 790 g/mol. The van der Waals surface area contributed by atoms with E-state index in [2.05, 4.69) is 80.4 Å². The molecule has 0 radical (unpaired) electrons. The Balaban J connectivity index is 0.000000130. The van der Waals surface area contributed by atoms with Gasteiger partial charge >= 0.3 is 0 Å². The summed E-state index contributed by atoms with van der Waals surface area (Å²) >= 11 is 12.3. The molecule has 14 rings (SSSR count). The lowest BCUT2D eigenvalue weighted by Crippen LogP contribution is -2.79. The Bertz CT molecular complexity index is 1910. The zero-order chi connectivity index (χ0) is 38.0. The van der Waals surface area contributed by atoms with Gasteiger partial charge in [-0.05, 0) is 111 Å². The molecule has 8 bridgehead atoms. The second kappa shape index (κ2) is 12.8. The van der Waals surface area contributed by atoms with Gasteiger partial charge in [0.15, 0.2) is 0 Å². The van der Waals surface area contributed by atoms with Crippen LogP contribution in [0.1, 0.15) is 99.3 Å². The molecule has 2 aromatic heterocycles. The van der Waals surface area contributed by atoms with Crippen molar-refractivity contribution in [1.29, 1.82) is 0 Å². The molecule has 2 aliphatic heterocycles. The molecule has 0 spiro atoms. The van der Waals surface area contributed by atoms with Crippen molar-refractivity contribution in [3.05, 3.63) is 130 Å². The Labute approximate surface area is 341 Å². The number of halogens is 2. The minimum absolute atomic E-state index is 0.292. The number of hydrogen-bond acceptors (Lipinski definition) is 6. The maximum Gasteiger partial charge on any atom is 0.129 e. The zero-order valence-corrected chi connectivity index (χ0v) is 33.8. The maximum atomic E-state index is 11.8. The maximum absolute atomic E-state index is 11.8. The van der Waals surface area contributed by atoms with Gasteiger partial charge in [0.25, 0.3) is 0 Å². The quantitative estimate of drug-likeness (QED) is 0.190. The third kappa shape index (κ3) is 5.21. The van der Waals surface area contributed by atoms with Crippen LogP contribution in [0.4, 0.5) is 0 Å². The second-order valence-electron chi connectivity index (χ2n) is 19.6. The lowest BCUT2D eigenvalue weighted by molar-refractivity contribution is -0.229. The molecule has 8 heteroatoms. The van der Waals surface area contributed by atoms with Crippen LogP contribution in [-0.4, -0.2) is 67.2 Å². The van der Waals surface area contributed by atoms with Gasteiger partial charge in [0.2, 0.25) is 0 Å². The molecule has 2 N–H and O–H groups in total. The topological polar surface area (TPSA) is 72.7 Å². The number of piperidine rings is 2. The van der Waals surface area contributed by atoms with Crippen molar-refractivity contribution in [2.45, 2.75) is 110 Å². The van der Waals surface area contributed by atoms with Crippen molar-refractivity contribution >= 4 is 23.2 Å². The SMILES string of the molecule is OC1(c2ccnc(Cl)c2)C2CCCC1CN(C13CC(c4ccccc4)(C1)C3)C2.OC1(c2ccnc(Cl)c2)C2CCCC1CN(C13CC(c4ccccc4)(C1)C3)C2. The largest absolute Gasteiger partial charge is 0.384 e. The summed E-state index contributed by atoms with van der Waals surface area (Å²) < 4.78 is 0. The Morgan fingerprint density at radius 1 is 0.482 bits per heavy atom. The van der Waals surface area contributed by atoms with E-state index < -0.39 is 11.2 Å². The number of benzene rings is 2. The first kappa shape index (κ1) is 36.3. The molecule has 10 fully saturated rings. The fourth-order valence-electron chi connectivity index (χ4n) is 14.3. The number of aliphatic hydroxyl groups is 2. The molecule has 56 heavy (non-hydrogen) atoms. The predicted octanol–water partition coefficient (Wildman–Crippen LogP) is 9.06. The smallest absolute Gasteiger partial charge is 0.129 e. The molecule has 8 aliphatic carbocycles. The number of nitrogens with zero attached hydrogens (tertiary/aromatic N) is 4. The number of likely N-dealkylation sites (tertiary alicyclic amines) is 2. The van der Waals surface area contributed by atoms with Crippen molar-refractivity contribution in [1.82, 2.24) is 19.8 Å². The summed E-state index contributed by atoms with van der Waals surface area (Å²) in [5.41, 5.74) is 5.14. The van der Waals surface area contributed by atoms with Gasteiger partial charge in [-0.25, -0.2) is 9.97 Å². The molecule has 2 saturated heterocycles. The summed E-state index contributed by atoms with van der Waals surface area (Å²) in [5, 5.41) is 24.7. The molecule has 4 aromatic rings. The molecule has 292 valence electrons. The van der Waals surface area contributed by atoms with Crippen molar-refractivity contribution in [3.63, 3.8) is 0 Å². The Morgan fingerprint density at radius 3 is 1.14 bits per heavy atom. The lowest BCUT2D eigenvalue weighted by atomic mass is 9.36. The molecule has 10 aliphatic rings. The highest BCUT2D eigenvalue weighted by Gasteiger charge is 2.73. The van der Waals surface area contributed by atoms with Gasteiger partial charge < -0.3 is 10.2 Å². The van der Waals surface area contributed by atoms with Gasteiger partial charge in [-0.2, -0.15) is 0 Å². The lowest BCUT2D eigenvalue weighted by Gasteiger charge is -2.76. The van der Waals surface area contributed by atoms with Crippen LogP contribution in [0, 0.1) is 23.7 Å². The highest BCUT2D eigenvalue weighted by atomic mass is 35.5. The van der Waals surface area contributed by atoms with E-state index in [4.69, 9.17) is 23.2 Å². The fraction of sp³-hybridized carbons (Fsp3) is 0.542. The van der Waals surface area contributed by atoms with Crippen LogP contribution in [0.25, 0.3) is 0 Å². The summed E-state index contributed by atoms with van der Waals surface area (Å²) in [5.74, 6) is 1.17. The normalized spacial score (nSPS) is 41.8. The molecule has 6 nitrogen and oxygen atoms in total. The standard InChI is InChI=1S/2C24H27ClN2O/c2*25-21-11-18(9-10-26-21)24(28)19-7-4-8-20(24)13-27(12-19)23-14-22(15-23,16-23)17-5-2-1-3-6-17/h2*1-3,5-6,9-11,19-20,28H,4,7-8,12-16H2. The molecular weight excluding hydrogens is 735 g/mol. The summed E-state index contributed by atoms with van der Waals surface area (Å²) in [6.45, 7) is 4.05. The van der Waals surface area contributed by atoms with Crippen LogP contribution in [0.2, 0.25) is 10.3 Å². The van der Waals surface area contributed by atoms with E-state index in [1.54, 1.807) is 12.4 Å². The van der Waals surface area contributed by atoms with Gasteiger partial charge in [0.05, 0.1) is 11.2 Å². The van der Waals surface area contributed by atoms with Crippen LogP contribution < -0.4 is 0 Å². The molecule has 4 heterocycles. The van der Waals surface area contributed by atoms with E-state index in [0.29, 0.717) is 55.9 Å². The number of fused-ring (bicyclic) bond motifs is 4.